The lowest BCUT2D eigenvalue weighted by atomic mass is 10.1. The normalized spacial score (nSPS) is 21.2. The number of halogens is 6. The van der Waals surface area contributed by atoms with E-state index in [0.29, 0.717) is 21.2 Å². The van der Waals surface area contributed by atoms with E-state index in [9.17, 15) is 48.8 Å². The van der Waals surface area contributed by atoms with Gasteiger partial charge in [-0.1, -0.05) is 35.3 Å². The SMILES string of the molecule is O=C(NC1CC1)c1ccc(CN([C@@H]2CC(F)(F)CCNC2=O)S(=O)(=O)c2ccc(Cl)cc2)cc1.O=C1NCCC(F)(F)C[C@H]1NS(=O)(=O)c1ccc(Cl)cc1. The molecule has 2 saturated heterocycles. The molecule has 0 unspecified atom stereocenters. The first-order valence-corrected chi connectivity index (χ1v) is 20.7. The third-order valence-electron chi connectivity index (χ3n) is 8.85. The molecular weight excluding hydrogens is 813 g/mol. The van der Waals surface area contributed by atoms with Crippen molar-refractivity contribution in [2.75, 3.05) is 13.1 Å². The van der Waals surface area contributed by atoms with Crippen molar-refractivity contribution in [2.24, 2.45) is 0 Å². The first kappa shape index (κ1) is 42.3. The minimum absolute atomic E-state index is 0.146. The first-order chi connectivity index (χ1) is 25.7. The molecule has 0 spiro atoms. The van der Waals surface area contributed by atoms with Gasteiger partial charge in [-0.25, -0.2) is 34.4 Å². The van der Waals surface area contributed by atoms with Crippen LogP contribution in [-0.2, 0) is 36.2 Å². The van der Waals surface area contributed by atoms with Crippen molar-refractivity contribution in [1.29, 1.82) is 0 Å². The minimum atomic E-state index is -4.35. The molecule has 2 atom stereocenters. The van der Waals surface area contributed by atoms with Crippen LogP contribution in [0.15, 0.2) is 82.6 Å². The van der Waals surface area contributed by atoms with Gasteiger partial charge in [-0.05, 0) is 79.1 Å². The summed E-state index contributed by atoms with van der Waals surface area (Å²) in [4.78, 5) is 36.3. The highest BCUT2D eigenvalue weighted by Gasteiger charge is 2.45. The molecule has 2 aliphatic heterocycles. The number of rotatable bonds is 10. The lowest BCUT2D eigenvalue weighted by Crippen LogP contribution is -2.49. The molecule has 4 N–H and O–H groups in total. The highest BCUT2D eigenvalue weighted by atomic mass is 35.5. The Morgan fingerprint density at radius 3 is 1.80 bits per heavy atom. The van der Waals surface area contributed by atoms with Gasteiger partial charge in [-0.3, -0.25) is 14.4 Å². The number of sulfonamides is 2. The second-order valence-corrected chi connectivity index (χ2v) is 17.8. The van der Waals surface area contributed by atoms with Gasteiger partial charge in [0, 0.05) is 67.0 Å². The third kappa shape index (κ3) is 11.6. The molecule has 0 aromatic heterocycles. The highest BCUT2D eigenvalue weighted by molar-refractivity contribution is 7.89. The monoisotopic (exact) mass is 849 g/mol. The quantitative estimate of drug-likeness (QED) is 0.211. The number of hydrogen-bond donors (Lipinski definition) is 4. The summed E-state index contributed by atoms with van der Waals surface area (Å²) in [5.41, 5.74) is 0.849. The molecule has 0 bridgehead atoms. The summed E-state index contributed by atoms with van der Waals surface area (Å²) in [6.45, 7) is -0.767. The Labute approximate surface area is 325 Å². The lowest BCUT2D eigenvalue weighted by Gasteiger charge is -2.30. The highest BCUT2D eigenvalue weighted by Crippen LogP contribution is 2.33. The maximum absolute atomic E-state index is 14.4. The Hall–Kier alpha value is -3.81. The standard InChI is InChI=1S/C23H24ClF2N3O4S.C12H13ClF2N2O3S/c24-17-5-9-19(10-6-17)34(32,33)29(20-13-23(25,26)11-12-27-22(20)31)14-15-1-3-16(4-2-15)21(30)28-18-7-8-18;13-8-1-3-9(4-2-8)21(19,20)17-10-7-12(14,15)5-6-16-11(10)18/h1-6,9-10,18,20H,7-8,11-14H2,(H,27,31)(H,28,30);1-4,10,17H,5-7H2,(H,16,18)/t20-;10-/m11/s1. The first-order valence-electron chi connectivity index (χ1n) is 17.0. The largest absolute Gasteiger partial charge is 0.354 e. The zero-order valence-corrected chi connectivity index (χ0v) is 32.1. The molecule has 298 valence electrons. The number of hydrogen-bond acceptors (Lipinski definition) is 7. The Morgan fingerprint density at radius 2 is 1.25 bits per heavy atom. The molecule has 2 heterocycles. The number of amides is 3. The predicted molar refractivity (Wildman–Crippen MR) is 195 cm³/mol. The molecule has 3 aromatic carbocycles. The van der Waals surface area contributed by atoms with Crippen LogP contribution in [-0.4, -0.2) is 81.9 Å². The Bertz CT molecular complexity index is 2090. The molecule has 0 radical (unpaired) electrons. The van der Waals surface area contributed by atoms with Crippen LogP contribution in [0.2, 0.25) is 10.0 Å². The molecular formula is C35H37Cl2F4N5O7S2. The van der Waals surface area contributed by atoms with Crippen molar-refractivity contribution in [3.63, 3.8) is 0 Å². The molecule has 3 amide bonds. The van der Waals surface area contributed by atoms with Gasteiger partial charge in [0.25, 0.3) is 17.8 Å². The van der Waals surface area contributed by atoms with E-state index >= 15 is 0 Å². The number of nitrogens with zero attached hydrogens (tertiary/aromatic N) is 1. The van der Waals surface area contributed by atoms with E-state index in [1.165, 1.54) is 48.5 Å². The van der Waals surface area contributed by atoms with Gasteiger partial charge < -0.3 is 16.0 Å². The van der Waals surface area contributed by atoms with Crippen LogP contribution in [0, 0.1) is 0 Å². The Kier molecular flexibility index (Phi) is 13.2. The summed E-state index contributed by atoms with van der Waals surface area (Å²) in [6, 6.07) is 13.7. The van der Waals surface area contributed by atoms with Crippen LogP contribution < -0.4 is 20.7 Å². The van der Waals surface area contributed by atoms with Crippen molar-refractivity contribution >= 4 is 61.0 Å². The van der Waals surface area contributed by atoms with Crippen molar-refractivity contribution in [3.8, 4) is 0 Å². The smallest absolute Gasteiger partial charge is 0.251 e. The number of carbonyl (C=O) groups is 3. The van der Waals surface area contributed by atoms with Crippen molar-refractivity contribution < 1.29 is 48.8 Å². The zero-order valence-electron chi connectivity index (χ0n) is 28.9. The van der Waals surface area contributed by atoms with Gasteiger partial charge >= 0.3 is 0 Å². The van der Waals surface area contributed by atoms with E-state index in [0.717, 1.165) is 17.1 Å². The van der Waals surface area contributed by atoms with E-state index in [2.05, 4.69) is 16.0 Å². The molecule has 3 aliphatic rings. The fourth-order valence-electron chi connectivity index (χ4n) is 5.69. The summed E-state index contributed by atoms with van der Waals surface area (Å²) in [7, 11) is -8.43. The molecule has 55 heavy (non-hydrogen) atoms. The fraction of sp³-hybridized carbons (Fsp3) is 0.400. The van der Waals surface area contributed by atoms with Crippen molar-refractivity contribution in [3.05, 3.63) is 94.0 Å². The van der Waals surface area contributed by atoms with E-state index in [4.69, 9.17) is 23.2 Å². The van der Waals surface area contributed by atoms with Crippen LogP contribution in [0.3, 0.4) is 0 Å². The molecule has 3 fully saturated rings. The minimum Gasteiger partial charge on any atom is -0.354 e. The van der Waals surface area contributed by atoms with Crippen LogP contribution in [0.25, 0.3) is 0 Å². The van der Waals surface area contributed by atoms with Crippen LogP contribution >= 0.6 is 23.2 Å². The average molecular weight is 851 g/mol. The Balaban J connectivity index is 0.000000237. The number of benzene rings is 3. The fourth-order valence-corrected chi connectivity index (χ4v) is 8.71. The van der Waals surface area contributed by atoms with Crippen LogP contribution in [0.1, 0.15) is 54.4 Å². The van der Waals surface area contributed by atoms with Crippen molar-refractivity contribution in [2.45, 2.75) is 84.8 Å². The third-order valence-corrected chi connectivity index (χ3v) is 12.7. The summed E-state index contributed by atoms with van der Waals surface area (Å²) in [5.74, 6) is -8.10. The van der Waals surface area contributed by atoms with Crippen LogP contribution in [0.5, 0.6) is 0 Å². The van der Waals surface area contributed by atoms with E-state index < -0.39 is 81.5 Å². The number of carbonyl (C=O) groups excluding carboxylic acids is 3. The van der Waals surface area contributed by atoms with Gasteiger partial charge in [-0.15, -0.1) is 0 Å². The maximum Gasteiger partial charge on any atom is 0.251 e. The lowest BCUT2D eigenvalue weighted by molar-refractivity contribution is -0.126. The maximum atomic E-state index is 14.4. The molecule has 3 aromatic rings. The van der Waals surface area contributed by atoms with Gasteiger partial charge in [-0.2, -0.15) is 9.03 Å². The second-order valence-electron chi connectivity index (χ2n) is 13.3. The summed E-state index contributed by atoms with van der Waals surface area (Å²) >= 11 is 11.5. The summed E-state index contributed by atoms with van der Waals surface area (Å²) < 4.78 is 110. The van der Waals surface area contributed by atoms with Gasteiger partial charge in [0.15, 0.2) is 0 Å². The zero-order chi connectivity index (χ0) is 40.2. The van der Waals surface area contributed by atoms with Gasteiger partial charge in [0.1, 0.15) is 12.1 Å². The molecule has 1 saturated carbocycles. The molecule has 20 heteroatoms. The predicted octanol–water partition coefficient (Wildman–Crippen LogP) is 4.87. The molecule has 12 nitrogen and oxygen atoms in total. The van der Waals surface area contributed by atoms with Gasteiger partial charge in [0.05, 0.1) is 9.79 Å². The van der Waals surface area contributed by atoms with Crippen molar-refractivity contribution in [1.82, 2.24) is 25.0 Å². The van der Waals surface area contributed by atoms with E-state index in [-0.39, 0.29) is 41.4 Å². The number of alkyl halides is 4. The Morgan fingerprint density at radius 1 is 0.745 bits per heavy atom. The average Bonchev–Trinajstić information content (AvgIpc) is 3.96. The second kappa shape index (κ2) is 17.1. The van der Waals surface area contributed by atoms with E-state index in [1.54, 1.807) is 24.3 Å². The summed E-state index contributed by atoms with van der Waals surface area (Å²) in [6.07, 6.45) is -1.02. The topological polar surface area (TPSA) is 171 Å². The number of nitrogens with one attached hydrogen (secondary N) is 4. The summed E-state index contributed by atoms with van der Waals surface area (Å²) in [5, 5.41) is 8.18. The molecule has 6 rings (SSSR count). The van der Waals surface area contributed by atoms with E-state index in [1.807, 2.05) is 4.72 Å². The molecule has 1 aliphatic carbocycles. The van der Waals surface area contributed by atoms with Gasteiger partial charge in [0.2, 0.25) is 31.9 Å². The van der Waals surface area contributed by atoms with Crippen LogP contribution in [0.4, 0.5) is 17.6 Å².